The van der Waals surface area contributed by atoms with E-state index in [1.165, 1.54) is 19.2 Å². The molecule has 0 heterocycles. The minimum Gasteiger partial charge on any atom is -0.495 e. The molecule has 102 valence electrons. The van der Waals surface area contributed by atoms with Gasteiger partial charge in [-0.3, -0.25) is 0 Å². The molecule has 18 heavy (non-hydrogen) atoms. The van der Waals surface area contributed by atoms with Gasteiger partial charge in [-0.1, -0.05) is 23.2 Å². The molecule has 1 rings (SSSR count). The van der Waals surface area contributed by atoms with Crippen LogP contribution >= 0.6 is 23.2 Å². The van der Waals surface area contributed by atoms with Crippen molar-refractivity contribution in [1.82, 2.24) is 0 Å². The van der Waals surface area contributed by atoms with Crippen LogP contribution in [0, 0.1) is 0 Å². The maximum absolute atomic E-state index is 12.0. The molecule has 7 heteroatoms. The summed E-state index contributed by atoms with van der Waals surface area (Å²) in [6.45, 7) is 0. The first-order valence-corrected chi connectivity index (χ1v) is 5.78. The van der Waals surface area contributed by atoms with Crippen LogP contribution in [0.1, 0.15) is 24.5 Å². The van der Waals surface area contributed by atoms with E-state index in [9.17, 15) is 18.3 Å². The van der Waals surface area contributed by atoms with Gasteiger partial charge in [-0.25, -0.2) is 0 Å². The molecule has 0 aliphatic heterocycles. The fourth-order valence-corrected chi connectivity index (χ4v) is 1.94. The van der Waals surface area contributed by atoms with E-state index in [1.807, 2.05) is 0 Å². The predicted octanol–water partition coefficient (Wildman–Crippen LogP) is 4.38. The molecular formula is C11H11Cl2F3O2. The Morgan fingerprint density at radius 2 is 1.89 bits per heavy atom. The lowest BCUT2D eigenvalue weighted by Gasteiger charge is -2.15. The van der Waals surface area contributed by atoms with Crippen molar-refractivity contribution in [1.29, 1.82) is 0 Å². The number of rotatable bonds is 4. The molecule has 1 unspecified atom stereocenters. The van der Waals surface area contributed by atoms with Crippen molar-refractivity contribution in [2.45, 2.75) is 25.1 Å². The highest BCUT2D eigenvalue weighted by molar-refractivity contribution is 6.34. The Morgan fingerprint density at radius 1 is 1.28 bits per heavy atom. The van der Waals surface area contributed by atoms with Crippen LogP contribution in [0.5, 0.6) is 5.75 Å². The summed E-state index contributed by atoms with van der Waals surface area (Å²) >= 11 is 11.7. The van der Waals surface area contributed by atoms with Crippen LogP contribution in [0.25, 0.3) is 0 Å². The first-order chi connectivity index (χ1) is 8.24. The topological polar surface area (TPSA) is 29.5 Å². The molecule has 0 saturated heterocycles. The van der Waals surface area contributed by atoms with Crippen LogP contribution in [0.15, 0.2) is 12.1 Å². The normalized spacial score (nSPS) is 13.5. The molecule has 1 atom stereocenters. The molecule has 1 aromatic carbocycles. The largest absolute Gasteiger partial charge is 0.495 e. The van der Waals surface area contributed by atoms with Gasteiger partial charge >= 0.3 is 6.18 Å². The smallest absolute Gasteiger partial charge is 0.389 e. The van der Waals surface area contributed by atoms with Gasteiger partial charge in [0.05, 0.1) is 23.3 Å². The average Bonchev–Trinajstić information content (AvgIpc) is 2.27. The summed E-state index contributed by atoms with van der Waals surface area (Å²) in [5.41, 5.74) is 0.159. The fourth-order valence-electron chi connectivity index (χ4n) is 1.41. The van der Waals surface area contributed by atoms with E-state index in [0.717, 1.165) is 0 Å². The van der Waals surface area contributed by atoms with Gasteiger partial charge in [0.1, 0.15) is 5.75 Å². The highest BCUT2D eigenvalue weighted by Gasteiger charge is 2.28. The van der Waals surface area contributed by atoms with Crippen molar-refractivity contribution in [3.63, 3.8) is 0 Å². The second kappa shape index (κ2) is 5.99. The predicted molar refractivity (Wildman–Crippen MR) is 63.3 cm³/mol. The van der Waals surface area contributed by atoms with Crippen LogP contribution in [0.3, 0.4) is 0 Å². The third-order valence-corrected chi connectivity index (χ3v) is 2.95. The molecule has 0 spiro atoms. The number of aliphatic hydroxyl groups excluding tert-OH is 1. The van der Waals surface area contributed by atoms with Crippen molar-refractivity contribution >= 4 is 23.2 Å². The Hall–Kier alpha value is -0.650. The molecule has 1 N–H and O–H groups in total. The van der Waals surface area contributed by atoms with Crippen molar-refractivity contribution < 1.29 is 23.0 Å². The molecule has 0 radical (unpaired) electrons. The molecule has 0 fully saturated rings. The minimum atomic E-state index is -4.32. The number of benzene rings is 1. The second-order valence-electron chi connectivity index (χ2n) is 3.68. The van der Waals surface area contributed by atoms with E-state index >= 15 is 0 Å². The monoisotopic (exact) mass is 302 g/mol. The zero-order valence-corrected chi connectivity index (χ0v) is 10.9. The summed E-state index contributed by atoms with van der Waals surface area (Å²) < 4.78 is 41.0. The first kappa shape index (κ1) is 15.4. The number of aliphatic hydroxyl groups is 1. The summed E-state index contributed by atoms with van der Waals surface area (Å²) in [7, 11) is 1.39. The molecule has 0 aliphatic rings. The summed E-state index contributed by atoms with van der Waals surface area (Å²) in [6, 6.07) is 2.67. The zero-order valence-electron chi connectivity index (χ0n) is 9.39. The summed E-state index contributed by atoms with van der Waals surface area (Å²) in [5.74, 6) is 0.299. The lowest BCUT2D eigenvalue weighted by molar-refractivity contribution is -0.140. The molecule has 0 amide bonds. The SMILES string of the molecule is COc1cc(Cl)c(C(O)CCC(F)(F)F)cc1Cl. The van der Waals surface area contributed by atoms with E-state index in [2.05, 4.69) is 0 Å². The van der Waals surface area contributed by atoms with E-state index in [-0.39, 0.29) is 15.6 Å². The number of methoxy groups -OCH3 is 1. The van der Waals surface area contributed by atoms with Gasteiger partial charge in [0, 0.05) is 18.1 Å². The van der Waals surface area contributed by atoms with Crippen LogP contribution in [0.2, 0.25) is 10.0 Å². The molecule has 0 aromatic heterocycles. The van der Waals surface area contributed by atoms with E-state index in [1.54, 1.807) is 0 Å². The van der Waals surface area contributed by atoms with E-state index in [0.29, 0.717) is 5.75 Å². The van der Waals surface area contributed by atoms with Gasteiger partial charge in [-0.05, 0) is 12.5 Å². The Morgan fingerprint density at radius 3 is 2.39 bits per heavy atom. The van der Waals surface area contributed by atoms with Crippen LogP contribution < -0.4 is 4.74 Å². The number of ether oxygens (including phenoxy) is 1. The third kappa shape index (κ3) is 4.23. The van der Waals surface area contributed by atoms with Gasteiger partial charge in [-0.15, -0.1) is 0 Å². The highest BCUT2D eigenvalue weighted by Crippen LogP contribution is 2.36. The Labute approximate surface area is 112 Å². The zero-order chi connectivity index (χ0) is 13.9. The van der Waals surface area contributed by atoms with Crippen LogP contribution in [0.4, 0.5) is 13.2 Å². The maximum atomic E-state index is 12.0. The number of alkyl halides is 3. The van der Waals surface area contributed by atoms with Gasteiger partial charge < -0.3 is 9.84 Å². The quantitative estimate of drug-likeness (QED) is 0.894. The summed E-state index contributed by atoms with van der Waals surface area (Å²) in [4.78, 5) is 0. The molecule has 0 bridgehead atoms. The summed E-state index contributed by atoms with van der Waals surface area (Å²) in [6.07, 6.45) is -7.19. The second-order valence-corrected chi connectivity index (χ2v) is 4.49. The maximum Gasteiger partial charge on any atom is 0.389 e. The first-order valence-electron chi connectivity index (χ1n) is 5.02. The van der Waals surface area contributed by atoms with Gasteiger partial charge in [0.15, 0.2) is 0 Å². The lowest BCUT2D eigenvalue weighted by Crippen LogP contribution is -2.10. The molecule has 1 aromatic rings. The highest BCUT2D eigenvalue weighted by atomic mass is 35.5. The van der Waals surface area contributed by atoms with Crippen molar-refractivity contribution in [3.05, 3.63) is 27.7 Å². The van der Waals surface area contributed by atoms with Gasteiger partial charge in [-0.2, -0.15) is 13.2 Å². The van der Waals surface area contributed by atoms with Crippen LogP contribution in [-0.2, 0) is 0 Å². The minimum absolute atomic E-state index is 0.117. The Bertz CT molecular complexity index is 421. The van der Waals surface area contributed by atoms with Crippen LogP contribution in [-0.4, -0.2) is 18.4 Å². The number of hydrogen-bond donors (Lipinski definition) is 1. The Kier molecular flexibility index (Phi) is 5.13. The number of halogens is 5. The fraction of sp³-hybridized carbons (Fsp3) is 0.455. The van der Waals surface area contributed by atoms with Crippen molar-refractivity contribution in [2.24, 2.45) is 0 Å². The van der Waals surface area contributed by atoms with Crippen molar-refractivity contribution in [2.75, 3.05) is 7.11 Å². The average molecular weight is 303 g/mol. The Balaban J connectivity index is 2.86. The third-order valence-electron chi connectivity index (χ3n) is 2.33. The molecule has 2 nitrogen and oxygen atoms in total. The lowest BCUT2D eigenvalue weighted by atomic mass is 10.0. The van der Waals surface area contributed by atoms with E-state index in [4.69, 9.17) is 27.9 Å². The summed E-state index contributed by atoms with van der Waals surface area (Å²) in [5, 5.41) is 9.97. The molecule has 0 aliphatic carbocycles. The number of hydrogen-bond acceptors (Lipinski definition) is 2. The van der Waals surface area contributed by atoms with Gasteiger partial charge in [0.25, 0.3) is 0 Å². The molecular weight excluding hydrogens is 292 g/mol. The van der Waals surface area contributed by atoms with Gasteiger partial charge in [0.2, 0.25) is 0 Å². The van der Waals surface area contributed by atoms with Crippen molar-refractivity contribution in [3.8, 4) is 5.75 Å². The van der Waals surface area contributed by atoms with E-state index < -0.39 is 25.1 Å². The molecule has 0 saturated carbocycles. The standard InChI is InChI=1S/C11H11Cl2F3O2/c1-18-10-5-7(12)6(4-8(10)13)9(17)2-3-11(14,15)16/h4-5,9,17H,2-3H2,1H3.